The Morgan fingerprint density at radius 3 is 2.38 bits per heavy atom. The SMILES string of the molecule is COC(=O)C(C)(C)c1ccc(-c2ccccc2)c(CN)c1. The molecule has 0 radical (unpaired) electrons. The summed E-state index contributed by atoms with van der Waals surface area (Å²) in [5.41, 5.74) is 9.37. The summed E-state index contributed by atoms with van der Waals surface area (Å²) in [6.07, 6.45) is 0. The van der Waals surface area contributed by atoms with Crippen molar-refractivity contribution in [2.24, 2.45) is 5.73 Å². The molecule has 21 heavy (non-hydrogen) atoms. The lowest BCUT2D eigenvalue weighted by atomic mass is 9.82. The minimum atomic E-state index is -0.687. The molecule has 0 saturated heterocycles. The largest absolute Gasteiger partial charge is 0.468 e. The molecule has 2 aromatic carbocycles. The Balaban J connectivity index is 2.49. The van der Waals surface area contributed by atoms with E-state index in [2.05, 4.69) is 12.1 Å². The van der Waals surface area contributed by atoms with Gasteiger partial charge in [0.15, 0.2) is 0 Å². The molecule has 0 amide bonds. The molecule has 110 valence electrons. The highest BCUT2D eigenvalue weighted by Gasteiger charge is 2.31. The van der Waals surface area contributed by atoms with Crippen molar-refractivity contribution in [2.45, 2.75) is 25.8 Å². The molecule has 0 heterocycles. The zero-order chi connectivity index (χ0) is 15.5. The molecule has 0 unspecified atom stereocenters. The van der Waals surface area contributed by atoms with Crippen molar-refractivity contribution in [3.63, 3.8) is 0 Å². The fourth-order valence-electron chi connectivity index (χ4n) is 2.42. The van der Waals surface area contributed by atoms with E-state index in [-0.39, 0.29) is 5.97 Å². The van der Waals surface area contributed by atoms with Crippen molar-refractivity contribution in [2.75, 3.05) is 7.11 Å². The number of ether oxygens (including phenoxy) is 1. The predicted octanol–water partition coefficient (Wildman–Crippen LogP) is 3.26. The number of benzene rings is 2. The zero-order valence-electron chi connectivity index (χ0n) is 12.7. The average Bonchev–Trinajstić information content (AvgIpc) is 2.54. The molecule has 0 fully saturated rings. The minimum absolute atomic E-state index is 0.252. The van der Waals surface area contributed by atoms with Gasteiger partial charge >= 0.3 is 5.97 Å². The van der Waals surface area contributed by atoms with E-state index in [0.717, 1.165) is 22.3 Å². The highest BCUT2D eigenvalue weighted by Crippen LogP contribution is 2.30. The lowest BCUT2D eigenvalue weighted by Crippen LogP contribution is -2.30. The Labute approximate surface area is 125 Å². The van der Waals surface area contributed by atoms with Crippen LogP contribution in [0.1, 0.15) is 25.0 Å². The van der Waals surface area contributed by atoms with Crippen molar-refractivity contribution < 1.29 is 9.53 Å². The van der Waals surface area contributed by atoms with E-state index in [1.807, 2.05) is 50.2 Å². The van der Waals surface area contributed by atoms with Crippen LogP contribution in [0.4, 0.5) is 0 Å². The molecular weight excluding hydrogens is 262 g/mol. The molecule has 0 atom stereocenters. The summed E-state index contributed by atoms with van der Waals surface area (Å²) in [6.45, 7) is 4.14. The fraction of sp³-hybridized carbons (Fsp3) is 0.278. The minimum Gasteiger partial charge on any atom is -0.468 e. The molecule has 0 aliphatic carbocycles. The molecule has 0 aliphatic rings. The van der Waals surface area contributed by atoms with Crippen LogP contribution >= 0.6 is 0 Å². The Morgan fingerprint density at radius 2 is 1.81 bits per heavy atom. The van der Waals surface area contributed by atoms with Gasteiger partial charge in [0.2, 0.25) is 0 Å². The van der Waals surface area contributed by atoms with Crippen LogP contribution in [0.2, 0.25) is 0 Å². The quantitative estimate of drug-likeness (QED) is 0.876. The third-order valence-corrected chi connectivity index (χ3v) is 3.83. The van der Waals surface area contributed by atoms with Gasteiger partial charge in [-0.15, -0.1) is 0 Å². The first-order valence-electron chi connectivity index (χ1n) is 6.98. The average molecular weight is 283 g/mol. The van der Waals surface area contributed by atoms with Crippen LogP contribution in [0, 0.1) is 0 Å². The number of hydrogen-bond donors (Lipinski definition) is 1. The van der Waals surface area contributed by atoms with Gasteiger partial charge in [0.1, 0.15) is 0 Å². The standard InChI is InChI=1S/C18H21NO2/c1-18(2,17(20)21-3)15-9-10-16(14(11-15)12-19)13-7-5-4-6-8-13/h4-11H,12,19H2,1-3H3. The molecule has 0 saturated carbocycles. The van der Waals surface area contributed by atoms with Crippen LogP contribution in [0.3, 0.4) is 0 Å². The van der Waals surface area contributed by atoms with Gasteiger partial charge in [-0.05, 0) is 36.1 Å². The van der Waals surface area contributed by atoms with Crippen molar-refractivity contribution in [1.29, 1.82) is 0 Å². The van der Waals surface area contributed by atoms with E-state index in [1.54, 1.807) is 0 Å². The number of methoxy groups -OCH3 is 1. The summed E-state index contributed by atoms with van der Waals surface area (Å²) in [5.74, 6) is -0.252. The number of rotatable bonds is 4. The van der Waals surface area contributed by atoms with Gasteiger partial charge in [-0.2, -0.15) is 0 Å². The highest BCUT2D eigenvalue weighted by molar-refractivity contribution is 5.82. The fourth-order valence-corrected chi connectivity index (χ4v) is 2.42. The number of nitrogens with two attached hydrogens (primary N) is 1. The van der Waals surface area contributed by atoms with Gasteiger partial charge in [0.25, 0.3) is 0 Å². The zero-order valence-corrected chi connectivity index (χ0v) is 12.7. The molecule has 3 heteroatoms. The topological polar surface area (TPSA) is 52.3 Å². The Morgan fingerprint density at radius 1 is 1.14 bits per heavy atom. The third-order valence-electron chi connectivity index (χ3n) is 3.83. The van der Waals surface area contributed by atoms with E-state index in [0.29, 0.717) is 6.54 Å². The molecule has 2 N–H and O–H groups in total. The van der Waals surface area contributed by atoms with Gasteiger partial charge in [-0.3, -0.25) is 4.79 Å². The Hall–Kier alpha value is -2.13. The summed E-state index contributed by atoms with van der Waals surface area (Å²) in [6, 6.07) is 16.1. The normalized spacial score (nSPS) is 11.2. The van der Waals surface area contributed by atoms with Crippen molar-refractivity contribution in [3.8, 4) is 11.1 Å². The molecule has 0 aromatic heterocycles. The van der Waals surface area contributed by atoms with Gasteiger partial charge in [-0.25, -0.2) is 0 Å². The van der Waals surface area contributed by atoms with E-state index in [1.165, 1.54) is 7.11 Å². The Kier molecular flexibility index (Phi) is 4.43. The summed E-state index contributed by atoms with van der Waals surface area (Å²) in [5, 5.41) is 0. The first-order valence-corrected chi connectivity index (χ1v) is 6.98. The summed E-state index contributed by atoms with van der Waals surface area (Å²) in [4.78, 5) is 11.9. The Bertz CT molecular complexity index is 633. The first kappa shape index (κ1) is 15.3. The molecule has 0 bridgehead atoms. The maximum absolute atomic E-state index is 11.9. The number of carbonyl (C=O) groups excluding carboxylic acids is 1. The molecule has 2 rings (SSSR count). The second-order valence-corrected chi connectivity index (χ2v) is 5.56. The van der Waals surface area contributed by atoms with Gasteiger partial charge in [-0.1, -0.05) is 48.5 Å². The van der Waals surface area contributed by atoms with E-state index in [4.69, 9.17) is 10.5 Å². The number of hydrogen-bond acceptors (Lipinski definition) is 3. The second kappa shape index (κ2) is 6.10. The van der Waals surface area contributed by atoms with Crippen molar-refractivity contribution in [1.82, 2.24) is 0 Å². The van der Waals surface area contributed by atoms with Crippen molar-refractivity contribution in [3.05, 3.63) is 59.7 Å². The van der Waals surface area contributed by atoms with E-state index < -0.39 is 5.41 Å². The van der Waals surface area contributed by atoms with Crippen LogP contribution < -0.4 is 5.73 Å². The maximum atomic E-state index is 11.9. The van der Waals surface area contributed by atoms with E-state index in [9.17, 15) is 4.79 Å². The monoisotopic (exact) mass is 283 g/mol. The number of esters is 1. The van der Waals surface area contributed by atoms with Crippen molar-refractivity contribution >= 4 is 5.97 Å². The summed E-state index contributed by atoms with van der Waals surface area (Å²) < 4.78 is 4.89. The highest BCUT2D eigenvalue weighted by atomic mass is 16.5. The van der Waals surface area contributed by atoms with Crippen LogP contribution in [-0.2, 0) is 21.5 Å². The second-order valence-electron chi connectivity index (χ2n) is 5.56. The van der Waals surface area contributed by atoms with Crippen LogP contribution in [-0.4, -0.2) is 13.1 Å². The van der Waals surface area contributed by atoms with Gasteiger partial charge < -0.3 is 10.5 Å². The third kappa shape index (κ3) is 2.98. The van der Waals surface area contributed by atoms with Crippen LogP contribution in [0.25, 0.3) is 11.1 Å². The molecule has 0 spiro atoms. The van der Waals surface area contributed by atoms with Gasteiger partial charge in [0.05, 0.1) is 12.5 Å². The van der Waals surface area contributed by atoms with E-state index >= 15 is 0 Å². The maximum Gasteiger partial charge on any atom is 0.315 e. The summed E-state index contributed by atoms with van der Waals surface area (Å²) in [7, 11) is 1.41. The van der Waals surface area contributed by atoms with Crippen LogP contribution in [0.5, 0.6) is 0 Å². The first-order chi connectivity index (χ1) is 10.0. The lowest BCUT2D eigenvalue weighted by molar-refractivity contribution is -0.146. The molecule has 3 nitrogen and oxygen atoms in total. The van der Waals surface area contributed by atoms with Crippen LogP contribution in [0.15, 0.2) is 48.5 Å². The predicted molar refractivity (Wildman–Crippen MR) is 84.8 cm³/mol. The lowest BCUT2D eigenvalue weighted by Gasteiger charge is -2.23. The van der Waals surface area contributed by atoms with Gasteiger partial charge in [0, 0.05) is 6.54 Å². The molecular formula is C18H21NO2. The number of carbonyl (C=O) groups is 1. The smallest absolute Gasteiger partial charge is 0.315 e. The molecule has 0 aliphatic heterocycles. The summed E-state index contributed by atoms with van der Waals surface area (Å²) >= 11 is 0. The molecule has 2 aromatic rings.